The lowest BCUT2D eigenvalue weighted by atomic mass is 9.92. The van der Waals surface area contributed by atoms with Gasteiger partial charge in [0.2, 0.25) is 0 Å². The number of amides is 2. The fraction of sp³-hybridized carbons (Fsp3) is 0.375. The third-order valence-corrected chi connectivity index (χ3v) is 5.59. The van der Waals surface area contributed by atoms with Crippen molar-refractivity contribution in [2.75, 3.05) is 12.4 Å². The van der Waals surface area contributed by atoms with E-state index in [0.717, 1.165) is 5.56 Å². The number of esters is 1. The standard InChI is InChI=1S/C24H27Cl2N3O5/c1-24(2,3)34-23(32)27-12-13-6-5-7-14(8-13)21(30)29-18-11-19(22(31)33-4)28-17-10-15(25)9-16(26)20(17)18/h5-10,18-19,28H,11-12H2,1-4H3,(H,27,32)(H,29,30)/t18-,19+/m1/s1. The number of halogens is 2. The third-order valence-electron chi connectivity index (χ3n) is 5.06. The summed E-state index contributed by atoms with van der Waals surface area (Å²) in [7, 11) is 1.30. The molecule has 3 N–H and O–H groups in total. The Labute approximate surface area is 208 Å². The molecule has 3 rings (SSSR count). The molecular formula is C24H27Cl2N3O5. The molecule has 8 nitrogen and oxygen atoms in total. The number of nitrogens with one attached hydrogen (secondary N) is 3. The van der Waals surface area contributed by atoms with Gasteiger partial charge in [0.1, 0.15) is 11.6 Å². The lowest BCUT2D eigenvalue weighted by Crippen LogP contribution is -2.41. The maximum atomic E-state index is 13.1. The van der Waals surface area contributed by atoms with Crippen LogP contribution in [0.1, 0.15) is 54.7 Å². The zero-order valence-electron chi connectivity index (χ0n) is 19.3. The van der Waals surface area contributed by atoms with E-state index in [-0.39, 0.29) is 18.9 Å². The molecule has 0 aromatic heterocycles. The summed E-state index contributed by atoms with van der Waals surface area (Å²) in [6.45, 7) is 5.53. The summed E-state index contributed by atoms with van der Waals surface area (Å²) in [5.41, 5.74) is 1.71. The number of ether oxygens (including phenoxy) is 2. The average molecular weight is 508 g/mol. The highest BCUT2D eigenvalue weighted by Crippen LogP contribution is 2.40. The van der Waals surface area contributed by atoms with Gasteiger partial charge >= 0.3 is 12.1 Å². The van der Waals surface area contributed by atoms with E-state index in [1.807, 2.05) is 0 Å². The van der Waals surface area contributed by atoms with Crippen molar-refractivity contribution in [3.63, 3.8) is 0 Å². The van der Waals surface area contributed by atoms with E-state index in [2.05, 4.69) is 16.0 Å². The molecule has 0 bridgehead atoms. The average Bonchev–Trinajstić information content (AvgIpc) is 2.75. The van der Waals surface area contributed by atoms with E-state index in [1.54, 1.807) is 57.2 Å². The number of anilines is 1. The molecule has 0 saturated carbocycles. The van der Waals surface area contributed by atoms with Crippen molar-refractivity contribution in [3.8, 4) is 0 Å². The van der Waals surface area contributed by atoms with Crippen molar-refractivity contribution in [1.29, 1.82) is 0 Å². The largest absolute Gasteiger partial charge is 0.467 e. The number of rotatable bonds is 5. The minimum atomic E-state index is -0.679. The van der Waals surface area contributed by atoms with Crippen LogP contribution in [-0.4, -0.2) is 36.7 Å². The van der Waals surface area contributed by atoms with Crippen LogP contribution in [0.15, 0.2) is 36.4 Å². The van der Waals surface area contributed by atoms with Crippen LogP contribution >= 0.6 is 23.2 Å². The van der Waals surface area contributed by atoms with Gasteiger partial charge in [0.25, 0.3) is 5.91 Å². The minimum absolute atomic E-state index is 0.195. The Morgan fingerprint density at radius 1 is 1.15 bits per heavy atom. The molecule has 0 aliphatic carbocycles. The van der Waals surface area contributed by atoms with Crippen LogP contribution in [0.5, 0.6) is 0 Å². The minimum Gasteiger partial charge on any atom is -0.467 e. The summed E-state index contributed by atoms with van der Waals surface area (Å²) in [4.78, 5) is 37.2. The highest BCUT2D eigenvalue weighted by Gasteiger charge is 2.34. The molecule has 2 aromatic carbocycles. The number of alkyl carbamates (subject to hydrolysis) is 1. The first kappa shape index (κ1) is 25.6. The smallest absolute Gasteiger partial charge is 0.407 e. The van der Waals surface area contributed by atoms with Gasteiger partial charge in [-0.15, -0.1) is 0 Å². The van der Waals surface area contributed by atoms with Crippen molar-refractivity contribution in [2.45, 2.75) is 51.4 Å². The lowest BCUT2D eigenvalue weighted by molar-refractivity contribution is -0.141. The second-order valence-electron chi connectivity index (χ2n) is 8.89. The number of hydrogen-bond donors (Lipinski definition) is 3. The second kappa shape index (κ2) is 10.5. The summed E-state index contributed by atoms with van der Waals surface area (Å²) in [6, 6.07) is 8.86. The molecule has 2 atom stereocenters. The van der Waals surface area contributed by atoms with Gasteiger partial charge in [-0.2, -0.15) is 0 Å². The zero-order valence-corrected chi connectivity index (χ0v) is 20.8. The Kier molecular flexibility index (Phi) is 7.94. The Bertz CT molecular complexity index is 1100. The molecule has 2 amide bonds. The Morgan fingerprint density at radius 2 is 1.88 bits per heavy atom. The first-order valence-electron chi connectivity index (χ1n) is 10.7. The summed E-state index contributed by atoms with van der Waals surface area (Å²) in [5.74, 6) is -0.817. The lowest BCUT2D eigenvalue weighted by Gasteiger charge is -2.33. The predicted molar refractivity (Wildman–Crippen MR) is 130 cm³/mol. The van der Waals surface area contributed by atoms with E-state index in [4.69, 9.17) is 32.7 Å². The van der Waals surface area contributed by atoms with Crippen molar-refractivity contribution in [3.05, 3.63) is 63.1 Å². The molecule has 34 heavy (non-hydrogen) atoms. The number of fused-ring (bicyclic) bond motifs is 1. The normalized spacial score (nSPS) is 17.1. The Hall–Kier alpha value is -2.97. The van der Waals surface area contributed by atoms with E-state index < -0.39 is 29.7 Å². The summed E-state index contributed by atoms with van der Waals surface area (Å²) in [5, 5.41) is 9.48. The van der Waals surface area contributed by atoms with Crippen molar-refractivity contribution < 1.29 is 23.9 Å². The molecule has 1 heterocycles. The quantitative estimate of drug-likeness (QED) is 0.499. The van der Waals surface area contributed by atoms with Gasteiger partial charge in [-0.05, 0) is 50.6 Å². The maximum Gasteiger partial charge on any atom is 0.407 e. The highest BCUT2D eigenvalue weighted by molar-refractivity contribution is 6.35. The van der Waals surface area contributed by atoms with Crippen LogP contribution in [0.3, 0.4) is 0 Å². The fourth-order valence-corrected chi connectivity index (χ4v) is 4.26. The maximum absolute atomic E-state index is 13.1. The molecule has 0 unspecified atom stereocenters. The van der Waals surface area contributed by atoms with Gasteiger partial charge in [-0.25, -0.2) is 9.59 Å². The van der Waals surface area contributed by atoms with E-state index >= 15 is 0 Å². The van der Waals surface area contributed by atoms with E-state index in [9.17, 15) is 14.4 Å². The molecule has 0 radical (unpaired) electrons. The topological polar surface area (TPSA) is 106 Å². The van der Waals surface area contributed by atoms with E-state index in [1.165, 1.54) is 7.11 Å². The summed E-state index contributed by atoms with van der Waals surface area (Å²) in [6.07, 6.45) is -0.303. The second-order valence-corrected chi connectivity index (χ2v) is 9.73. The number of methoxy groups -OCH3 is 1. The molecule has 1 aliphatic heterocycles. The molecule has 0 spiro atoms. The van der Waals surface area contributed by atoms with Crippen LogP contribution in [0.25, 0.3) is 0 Å². The molecule has 182 valence electrons. The number of benzene rings is 2. The molecule has 1 aliphatic rings. The number of carbonyl (C=O) groups is 3. The fourth-order valence-electron chi connectivity index (χ4n) is 3.64. The molecule has 0 fully saturated rings. The van der Waals surface area contributed by atoms with Gasteiger partial charge < -0.3 is 25.4 Å². The predicted octanol–water partition coefficient (Wildman–Crippen LogP) is 4.85. The SMILES string of the molecule is COC(=O)[C@@H]1C[C@@H](NC(=O)c2cccc(CNC(=O)OC(C)(C)C)c2)c2c(Cl)cc(Cl)cc2N1. The van der Waals surface area contributed by atoms with Gasteiger partial charge in [0.05, 0.1) is 13.2 Å². The Balaban J connectivity index is 1.76. The van der Waals surface area contributed by atoms with Gasteiger partial charge in [0, 0.05) is 39.8 Å². The van der Waals surface area contributed by atoms with Crippen LogP contribution in [0.4, 0.5) is 10.5 Å². The van der Waals surface area contributed by atoms with E-state index in [0.29, 0.717) is 26.9 Å². The van der Waals surface area contributed by atoms with Crippen molar-refractivity contribution in [2.24, 2.45) is 0 Å². The number of hydrogen-bond acceptors (Lipinski definition) is 6. The van der Waals surface area contributed by atoms with Crippen molar-refractivity contribution in [1.82, 2.24) is 10.6 Å². The molecule has 2 aromatic rings. The zero-order chi connectivity index (χ0) is 25.0. The Morgan fingerprint density at radius 3 is 2.56 bits per heavy atom. The molecule has 0 saturated heterocycles. The molecular weight excluding hydrogens is 481 g/mol. The number of carbonyl (C=O) groups excluding carboxylic acids is 3. The highest BCUT2D eigenvalue weighted by atomic mass is 35.5. The van der Waals surface area contributed by atoms with Gasteiger partial charge in [-0.3, -0.25) is 4.79 Å². The van der Waals surface area contributed by atoms with Gasteiger partial charge in [-0.1, -0.05) is 35.3 Å². The van der Waals surface area contributed by atoms with Crippen LogP contribution < -0.4 is 16.0 Å². The summed E-state index contributed by atoms with van der Waals surface area (Å²) >= 11 is 12.6. The first-order valence-corrected chi connectivity index (χ1v) is 11.4. The monoisotopic (exact) mass is 507 g/mol. The first-order chi connectivity index (χ1) is 16.0. The summed E-state index contributed by atoms with van der Waals surface area (Å²) < 4.78 is 10.1. The van der Waals surface area contributed by atoms with Gasteiger partial charge in [0.15, 0.2) is 0 Å². The van der Waals surface area contributed by atoms with Crippen LogP contribution in [-0.2, 0) is 20.8 Å². The molecule has 10 heteroatoms. The van der Waals surface area contributed by atoms with Crippen molar-refractivity contribution >= 4 is 46.9 Å². The third kappa shape index (κ3) is 6.55. The van der Waals surface area contributed by atoms with Crippen LogP contribution in [0, 0.1) is 0 Å². The van der Waals surface area contributed by atoms with Crippen LogP contribution in [0.2, 0.25) is 10.0 Å².